The van der Waals surface area contributed by atoms with Crippen LogP contribution in [0.1, 0.15) is 24.3 Å². The maximum atomic E-state index is 12.7. The molecule has 2 aromatic carbocycles. The Morgan fingerprint density at radius 1 is 0.875 bits per heavy atom. The number of amides is 3. The highest BCUT2D eigenvalue weighted by Gasteiger charge is 2.15. The fourth-order valence-electron chi connectivity index (χ4n) is 2.67. The van der Waals surface area contributed by atoms with E-state index in [-0.39, 0.29) is 17.4 Å². The van der Waals surface area contributed by atoms with Crippen LogP contribution in [0, 0.1) is 0 Å². The maximum absolute atomic E-state index is 12.7. The van der Waals surface area contributed by atoms with Crippen LogP contribution in [0.25, 0.3) is 11.3 Å². The molecule has 0 aliphatic carbocycles. The number of carbonyl (C=O) groups excluding carboxylic acids is 3. The number of carbonyl (C=O) groups is 3. The topological polar surface area (TPSA) is 156 Å². The number of anilines is 3. The first-order valence-corrected chi connectivity index (χ1v) is 10.5. The van der Waals surface area contributed by atoms with E-state index in [1.165, 1.54) is 32.2 Å². The van der Waals surface area contributed by atoms with Gasteiger partial charge in [0.25, 0.3) is 5.91 Å². The molecule has 1 atom stereocenters. The third-order valence-corrected chi connectivity index (χ3v) is 5.25. The lowest BCUT2D eigenvalue weighted by atomic mass is 10.1. The minimum absolute atomic E-state index is 0.0375. The second-order valence-corrected chi connectivity index (χ2v) is 7.87. The van der Waals surface area contributed by atoms with E-state index in [1.54, 1.807) is 36.4 Å². The Morgan fingerprint density at radius 2 is 1.47 bits per heavy atom. The largest absolute Gasteiger partial charge is 0.382 e. The highest BCUT2D eigenvalue weighted by Crippen LogP contribution is 2.21. The Hall–Kier alpha value is -4.12. The Bertz CT molecular complexity index is 1200. The first-order valence-electron chi connectivity index (χ1n) is 9.34. The summed E-state index contributed by atoms with van der Waals surface area (Å²) in [6.45, 7) is 2.68. The molecule has 0 aliphatic rings. The Kier molecular flexibility index (Phi) is 6.90. The molecule has 0 fully saturated rings. The molecule has 0 saturated carbocycles. The average Bonchev–Trinajstić information content (AvgIpc) is 2.74. The Balaban J connectivity index is 1.76. The zero-order valence-corrected chi connectivity index (χ0v) is 18.0. The van der Waals surface area contributed by atoms with Crippen LogP contribution in [0.2, 0.25) is 0 Å². The van der Waals surface area contributed by atoms with E-state index in [2.05, 4.69) is 25.3 Å². The van der Waals surface area contributed by atoms with E-state index in [9.17, 15) is 18.6 Å². The van der Waals surface area contributed by atoms with Gasteiger partial charge in [0.15, 0.2) is 22.5 Å². The smallest absolute Gasteiger partial charge is 0.278 e. The molecule has 1 heterocycles. The molecule has 3 rings (SSSR count). The van der Waals surface area contributed by atoms with Crippen molar-refractivity contribution < 1.29 is 18.6 Å². The summed E-state index contributed by atoms with van der Waals surface area (Å²) in [5.74, 6) is -1.20. The fourth-order valence-corrected chi connectivity index (χ4v) is 3.44. The predicted molar refractivity (Wildman–Crippen MR) is 121 cm³/mol. The summed E-state index contributed by atoms with van der Waals surface area (Å²) in [6.07, 6.45) is 1.45. The molecule has 11 heteroatoms. The number of benzene rings is 2. The van der Waals surface area contributed by atoms with Gasteiger partial charge in [-0.25, -0.2) is 14.2 Å². The second-order valence-electron chi connectivity index (χ2n) is 6.65. The van der Waals surface area contributed by atoms with E-state index < -0.39 is 22.8 Å². The zero-order chi connectivity index (χ0) is 23.3. The van der Waals surface area contributed by atoms with Crippen molar-refractivity contribution in [1.82, 2.24) is 14.7 Å². The molecule has 5 N–H and O–H groups in total. The summed E-state index contributed by atoms with van der Waals surface area (Å²) in [7, 11) is -1.68. The van der Waals surface area contributed by atoms with Gasteiger partial charge in [-0.1, -0.05) is 12.1 Å². The van der Waals surface area contributed by atoms with E-state index in [4.69, 9.17) is 5.73 Å². The van der Waals surface area contributed by atoms with Crippen LogP contribution in [-0.2, 0) is 20.6 Å². The molecule has 10 nitrogen and oxygen atoms in total. The highest BCUT2D eigenvalue weighted by molar-refractivity contribution is 7.83. The average molecular weight is 452 g/mol. The number of aromatic nitrogens is 2. The number of nitrogen functional groups attached to an aromatic ring is 1. The summed E-state index contributed by atoms with van der Waals surface area (Å²) < 4.78 is 14.2. The molecule has 3 amide bonds. The molecular weight excluding hydrogens is 432 g/mol. The third-order valence-electron chi connectivity index (χ3n) is 4.08. The third kappa shape index (κ3) is 5.73. The van der Waals surface area contributed by atoms with Crippen LogP contribution in [0.4, 0.5) is 17.2 Å². The number of nitrogens with two attached hydrogens (primary N) is 1. The van der Waals surface area contributed by atoms with Crippen LogP contribution >= 0.6 is 0 Å². The molecular formula is C21H20N6O4S. The zero-order valence-electron chi connectivity index (χ0n) is 17.2. The lowest BCUT2D eigenvalue weighted by molar-refractivity contribution is -0.117. The first kappa shape index (κ1) is 22.6. The molecule has 164 valence electrons. The van der Waals surface area contributed by atoms with Crippen molar-refractivity contribution in [2.24, 2.45) is 0 Å². The minimum atomic E-state index is -1.68. The SMILES string of the molecule is CC(=O)Nc1ccc(-c2cnc(N)c(C(=O)Nc3ccc(S(=O)NC(C)=O)cc3)n2)cc1. The molecule has 0 radical (unpaired) electrons. The van der Waals surface area contributed by atoms with Gasteiger partial charge < -0.3 is 16.4 Å². The number of hydrogen-bond acceptors (Lipinski definition) is 7. The van der Waals surface area contributed by atoms with Crippen molar-refractivity contribution in [3.8, 4) is 11.3 Å². The van der Waals surface area contributed by atoms with E-state index in [1.807, 2.05) is 0 Å². The minimum Gasteiger partial charge on any atom is -0.382 e. The molecule has 1 unspecified atom stereocenters. The van der Waals surface area contributed by atoms with Gasteiger partial charge >= 0.3 is 0 Å². The van der Waals surface area contributed by atoms with Crippen molar-refractivity contribution in [3.63, 3.8) is 0 Å². The lowest BCUT2D eigenvalue weighted by Gasteiger charge is -2.09. The van der Waals surface area contributed by atoms with Gasteiger partial charge in [0.1, 0.15) is 0 Å². The van der Waals surface area contributed by atoms with Crippen molar-refractivity contribution in [2.45, 2.75) is 18.7 Å². The van der Waals surface area contributed by atoms with Gasteiger partial charge in [0.05, 0.1) is 16.8 Å². The first-order chi connectivity index (χ1) is 15.2. The van der Waals surface area contributed by atoms with E-state index >= 15 is 0 Å². The van der Waals surface area contributed by atoms with Gasteiger partial charge in [-0.2, -0.15) is 0 Å². The number of nitrogens with zero attached hydrogens (tertiary/aromatic N) is 2. The summed E-state index contributed by atoms with van der Waals surface area (Å²) in [4.78, 5) is 43.6. The van der Waals surface area contributed by atoms with Gasteiger partial charge in [0, 0.05) is 30.8 Å². The highest BCUT2D eigenvalue weighted by atomic mass is 32.2. The number of nitrogens with one attached hydrogen (secondary N) is 3. The molecule has 3 aromatic rings. The van der Waals surface area contributed by atoms with Gasteiger partial charge in [-0.15, -0.1) is 0 Å². The molecule has 0 spiro atoms. The van der Waals surface area contributed by atoms with Crippen molar-refractivity contribution >= 4 is 45.9 Å². The predicted octanol–water partition coefficient (Wildman–Crippen LogP) is 2.10. The van der Waals surface area contributed by atoms with Crippen LogP contribution in [0.5, 0.6) is 0 Å². The molecule has 0 saturated heterocycles. The van der Waals surface area contributed by atoms with E-state index in [0.717, 1.165) is 0 Å². The summed E-state index contributed by atoms with van der Waals surface area (Å²) in [5.41, 5.74) is 7.96. The normalized spacial score (nSPS) is 11.3. The molecule has 32 heavy (non-hydrogen) atoms. The monoisotopic (exact) mass is 452 g/mol. The molecule has 0 bridgehead atoms. The van der Waals surface area contributed by atoms with Crippen LogP contribution < -0.4 is 21.1 Å². The lowest BCUT2D eigenvalue weighted by Crippen LogP contribution is -2.22. The Morgan fingerprint density at radius 3 is 2.06 bits per heavy atom. The number of rotatable bonds is 6. The van der Waals surface area contributed by atoms with E-state index in [0.29, 0.717) is 27.5 Å². The van der Waals surface area contributed by atoms with Crippen molar-refractivity contribution in [2.75, 3.05) is 16.4 Å². The van der Waals surface area contributed by atoms with Crippen LogP contribution in [0.15, 0.2) is 59.6 Å². The van der Waals surface area contributed by atoms with Crippen molar-refractivity contribution in [1.29, 1.82) is 0 Å². The quantitative estimate of drug-likeness (QED) is 0.446. The summed E-state index contributed by atoms with van der Waals surface area (Å²) in [5, 5.41) is 5.33. The van der Waals surface area contributed by atoms with Gasteiger partial charge in [-0.3, -0.25) is 19.1 Å². The Labute approximate surface area is 186 Å². The summed E-state index contributed by atoms with van der Waals surface area (Å²) in [6, 6.07) is 13.0. The standard InChI is InChI=1S/C21H20N6O4S/c1-12(28)24-15-5-3-14(4-6-15)18-11-23-20(22)19(26-18)21(30)25-16-7-9-17(10-8-16)32(31)27-13(2)29/h3-11H,1-2H3,(H2,22,23)(H,24,28)(H,25,30)(H,27,29). The molecule has 0 aliphatic heterocycles. The molecule has 1 aromatic heterocycles. The van der Waals surface area contributed by atoms with Crippen LogP contribution in [-0.4, -0.2) is 31.9 Å². The van der Waals surface area contributed by atoms with Gasteiger partial charge in [-0.05, 0) is 36.4 Å². The number of hydrogen-bond donors (Lipinski definition) is 4. The van der Waals surface area contributed by atoms with Crippen LogP contribution in [0.3, 0.4) is 0 Å². The van der Waals surface area contributed by atoms with Crippen molar-refractivity contribution in [3.05, 3.63) is 60.4 Å². The summed E-state index contributed by atoms with van der Waals surface area (Å²) >= 11 is 0. The second kappa shape index (κ2) is 9.79. The van der Waals surface area contributed by atoms with Gasteiger partial charge in [0.2, 0.25) is 11.8 Å². The fraction of sp³-hybridized carbons (Fsp3) is 0.0952. The maximum Gasteiger partial charge on any atom is 0.278 e.